The third-order valence-electron chi connectivity index (χ3n) is 2.19. The largest absolute Gasteiger partial charge is 0.480 e. The van der Waals surface area contributed by atoms with Gasteiger partial charge in [0.2, 0.25) is 5.91 Å². The molecule has 2 N–H and O–H groups in total. The maximum Gasteiger partial charge on any atom is 0.328 e. The summed E-state index contributed by atoms with van der Waals surface area (Å²) in [5.74, 6) is -1.39. The predicted octanol–water partition coefficient (Wildman–Crippen LogP) is 0.145. The Morgan fingerprint density at radius 2 is 2.14 bits per heavy atom. The molecule has 1 saturated heterocycles. The maximum absolute atomic E-state index is 11.5. The zero-order valence-electron chi connectivity index (χ0n) is 8.37. The van der Waals surface area contributed by atoms with E-state index in [0.29, 0.717) is 13.0 Å². The summed E-state index contributed by atoms with van der Waals surface area (Å²) in [5.41, 5.74) is -1.23. The van der Waals surface area contributed by atoms with Crippen LogP contribution >= 0.6 is 0 Å². The fourth-order valence-electron chi connectivity index (χ4n) is 1.23. The molecule has 80 valence electrons. The smallest absolute Gasteiger partial charge is 0.328 e. The first-order valence-electron chi connectivity index (χ1n) is 4.60. The molecule has 0 radical (unpaired) electrons. The van der Waals surface area contributed by atoms with Crippen molar-refractivity contribution in [3.63, 3.8) is 0 Å². The quantitative estimate of drug-likeness (QED) is 0.681. The second-order valence-corrected chi connectivity index (χ2v) is 3.92. The molecule has 1 aliphatic rings. The number of hydrogen-bond acceptors (Lipinski definition) is 3. The van der Waals surface area contributed by atoms with Crippen molar-refractivity contribution in [3.8, 4) is 0 Å². The molecular weight excluding hydrogens is 186 g/mol. The van der Waals surface area contributed by atoms with Crippen molar-refractivity contribution in [1.82, 2.24) is 5.32 Å². The third kappa shape index (κ3) is 2.45. The molecule has 0 aliphatic carbocycles. The van der Waals surface area contributed by atoms with E-state index in [1.54, 1.807) is 0 Å². The van der Waals surface area contributed by atoms with Gasteiger partial charge < -0.3 is 15.2 Å². The molecular formula is C9H15NO4. The fourth-order valence-corrected chi connectivity index (χ4v) is 1.23. The summed E-state index contributed by atoms with van der Waals surface area (Å²) < 4.78 is 5.14. The Balaban J connectivity index is 2.51. The molecule has 0 unspecified atom stereocenters. The van der Waals surface area contributed by atoms with Crippen molar-refractivity contribution < 1.29 is 19.4 Å². The van der Waals surface area contributed by atoms with Crippen molar-refractivity contribution in [3.05, 3.63) is 0 Å². The third-order valence-corrected chi connectivity index (χ3v) is 2.19. The van der Waals surface area contributed by atoms with E-state index in [0.717, 1.165) is 6.42 Å². The van der Waals surface area contributed by atoms with Crippen LogP contribution in [-0.2, 0) is 14.3 Å². The summed E-state index contributed by atoms with van der Waals surface area (Å²) in [7, 11) is 0. The summed E-state index contributed by atoms with van der Waals surface area (Å²) >= 11 is 0. The van der Waals surface area contributed by atoms with E-state index in [9.17, 15) is 9.59 Å². The molecule has 0 aromatic carbocycles. The summed E-state index contributed by atoms with van der Waals surface area (Å²) in [6.07, 6.45) is 1.04. The Labute approximate surface area is 82.4 Å². The van der Waals surface area contributed by atoms with Crippen LogP contribution in [-0.4, -0.2) is 35.2 Å². The van der Waals surface area contributed by atoms with Gasteiger partial charge in [0.25, 0.3) is 0 Å². The standard InChI is InChI=1S/C9H15NO4/c1-9(2,8(12)13)10-7(11)6-4-3-5-14-6/h6H,3-5H2,1-2H3,(H,10,11)(H,12,13)/t6-/m0/s1. The number of ether oxygens (including phenoxy) is 1. The first-order chi connectivity index (χ1) is 6.43. The monoisotopic (exact) mass is 201 g/mol. The molecule has 1 atom stereocenters. The second-order valence-electron chi connectivity index (χ2n) is 3.92. The molecule has 1 rings (SSSR count). The van der Waals surface area contributed by atoms with Gasteiger partial charge in [-0.05, 0) is 26.7 Å². The molecule has 1 aliphatic heterocycles. The number of carboxylic acids is 1. The molecule has 5 heteroatoms. The summed E-state index contributed by atoms with van der Waals surface area (Å²) in [6.45, 7) is 3.47. The van der Waals surface area contributed by atoms with Crippen LogP contribution < -0.4 is 5.32 Å². The van der Waals surface area contributed by atoms with E-state index >= 15 is 0 Å². The van der Waals surface area contributed by atoms with Crippen molar-refractivity contribution in [1.29, 1.82) is 0 Å². The van der Waals surface area contributed by atoms with E-state index in [-0.39, 0.29) is 5.91 Å². The molecule has 0 spiro atoms. The second kappa shape index (κ2) is 3.96. The van der Waals surface area contributed by atoms with Gasteiger partial charge in [-0.3, -0.25) is 4.79 Å². The Bertz CT molecular complexity index is 243. The van der Waals surface area contributed by atoms with Gasteiger partial charge in [-0.15, -0.1) is 0 Å². The molecule has 0 aromatic heterocycles. The van der Waals surface area contributed by atoms with E-state index in [2.05, 4.69) is 5.32 Å². The lowest BCUT2D eigenvalue weighted by atomic mass is 10.1. The minimum absolute atomic E-state index is 0.338. The topological polar surface area (TPSA) is 75.6 Å². The highest BCUT2D eigenvalue weighted by molar-refractivity contribution is 5.88. The van der Waals surface area contributed by atoms with Crippen LogP contribution in [0.5, 0.6) is 0 Å². The molecule has 5 nitrogen and oxygen atoms in total. The lowest BCUT2D eigenvalue weighted by Gasteiger charge is -2.22. The normalized spacial score (nSPS) is 22.0. The van der Waals surface area contributed by atoms with E-state index < -0.39 is 17.6 Å². The van der Waals surface area contributed by atoms with Crippen molar-refractivity contribution in [2.75, 3.05) is 6.61 Å². The Morgan fingerprint density at radius 1 is 1.50 bits per heavy atom. The van der Waals surface area contributed by atoms with Crippen LogP contribution in [0.2, 0.25) is 0 Å². The molecule has 0 saturated carbocycles. The molecule has 1 heterocycles. The minimum Gasteiger partial charge on any atom is -0.480 e. The Hall–Kier alpha value is -1.10. The first kappa shape index (κ1) is 11.0. The zero-order valence-corrected chi connectivity index (χ0v) is 8.37. The number of hydrogen-bond donors (Lipinski definition) is 2. The van der Waals surface area contributed by atoms with Crippen molar-refractivity contribution in [2.24, 2.45) is 0 Å². The highest BCUT2D eigenvalue weighted by atomic mass is 16.5. The highest BCUT2D eigenvalue weighted by Gasteiger charge is 2.33. The number of nitrogens with one attached hydrogen (secondary N) is 1. The van der Waals surface area contributed by atoms with Gasteiger partial charge in [0, 0.05) is 6.61 Å². The van der Waals surface area contributed by atoms with Crippen molar-refractivity contribution in [2.45, 2.75) is 38.3 Å². The van der Waals surface area contributed by atoms with Crippen LogP contribution in [0, 0.1) is 0 Å². The van der Waals surface area contributed by atoms with Gasteiger partial charge in [-0.2, -0.15) is 0 Å². The number of carbonyl (C=O) groups excluding carboxylic acids is 1. The van der Waals surface area contributed by atoms with E-state index in [1.165, 1.54) is 13.8 Å². The minimum atomic E-state index is -1.23. The molecule has 0 bridgehead atoms. The Kier molecular flexibility index (Phi) is 3.10. The number of carboxylic acid groups (broad SMARTS) is 1. The van der Waals surface area contributed by atoms with Crippen LogP contribution in [0.15, 0.2) is 0 Å². The summed E-state index contributed by atoms with van der Waals surface area (Å²) in [6, 6.07) is 0. The summed E-state index contributed by atoms with van der Waals surface area (Å²) in [4.78, 5) is 22.2. The lowest BCUT2D eigenvalue weighted by Crippen LogP contribution is -2.52. The first-order valence-corrected chi connectivity index (χ1v) is 4.60. The molecule has 1 amide bonds. The maximum atomic E-state index is 11.5. The lowest BCUT2D eigenvalue weighted by molar-refractivity contribution is -0.147. The van der Waals surface area contributed by atoms with Gasteiger partial charge in [0.15, 0.2) is 0 Å². The van der Waals surface area contributed by atoms with Gasteiger partial charge in [-0.25, -0.2) is 4.79 Å². The number of rotatable bonds is 3. The van der Waals surface area contributed by atoms with Gasteiger partial charge in [0.1, 0.15) is 11.6 Å². The fraction of sp³-hybridized carbons (Fsp3) is 0.778. The highest BCUT2D eigenvalue weighted by Crippen LogP contribution is 2.13. The zero-order chi connectivity index (χ0) is 10.8. The van der Waals surface area contributed by atoms with Gasteiger partial charge in [-0.1, -0.05) is 0 Å². The molecule has 1 fully saturated rings. The number of aliphatic carboxylic acids is 1. The number of amides is 1. The SMILES string of the molecule is CC(C)(NC(=O)[C@@H]1CCCO1)C(=O)O. The van der Waals surface area contributed by atoms with Gasteiger partial charge in [0.05, 0.1) is 0 Å². The van der Waals surface area contributed by atoms with Crippen molar-refractivity contribution >= 4 is 11.9 Å². The Morgan fingerprint density at radius 3 is 2.57 bits per heavy atom. The van der Waals surface area contributed by atoms with E-state index in [1.807, 2.05) is 0 Å². The average Bonchev–Trinajstić information content (AvgIpc) is 2.54. The molecule has 0 aromatic rings. The summed E-state index contributed by atoms with van der Waals surface area (Å²) in [5, 5.41) is 11.2. The number of carbonyl (C=O) groups is 2. The van der Waals surface area contributed by atoms with Crippen LogP contribution in [0.4, 0.5) is 0 Å². The van der Waals surface area contributed by atoms with E-state index in [4.69, 9.17) is 9.84 Å². The van der Waals surface area contributed by atoms with Crippen LogP contribution in [0.3, 0.4) is 0 Å². The van der Waals surface area contributed by atoms with Crippen LogP contribution in [0.25, 0.3) is 0 Å². The van der Waals surface area contributed by atoms with Gasteiger partial charge >= 0.3 is 5.97 Å². The van der Waals surface area contributed by atoms with Crippen LogP contribution in [0.1, 0.15) is 26.7 Å². The average molecular weight is 201 g/mol. The molecule has 14 heavy (non-hydrogen) atoms. The predicted molar refractivity (Wildman–Crippen MR) is 48.8 cm³/mol.